The van der Waals surface area contributed by atoms with E-state index in [0.717, 1.165) is 5.56 Å². The Hall–Kier alpha value is -2.83. The van der Waals surface area contributed by atoms with Crippen molar-refractivity contribution < 1.29 is 13.2 Å². The Balaban J connectivity index is 2.11. The molecule has 0 amide bonds. The van der Waals surface area contributed by atoms with Crippen LogP contribution in [-0.4, -0.2) is 25.7 Å². The van der Waals surface area contributed by atoms with Crippen molar-refractivity contribution in [2.45, 2.75) is 11.8 Å². The Bertz CT molecular complexity index is 1100. The van der Waals surface area contributed by atoms with Gasteiger partial charge in [-0.15, -0.1) is 4.40 Å². The number of nitrogens with zero attached hydrogens (tertiary/aromatic N) is 2. The van der Waals surface area contributed by atoms with E-state index in [1.165, 1.54) is 30.4 Å². The van der Waals surface area contributed by atoms with Crippen LogP contribution in [0.4, 0.5) is 0 Å². The van der Waals surface area contributed by atoms with Gasteiger partial charge in [-0.25, -0.2) is 4.99 Å². The summed E-state index contributed by atoms with van der Waals surface area (Å²) in [6.07, 6.45) is 4.12. The highest BCUT2D eigenvalue weighted by molar-refractivity contribution is 7.90. The number of carbonyl (C=O) groups excluding carboxylic acids is 1. The first-order chi connectivity index (χ1) is 12.8. The van der Waals surface area contributed by atoms with Gasteiger partial charge in [0, 0.05) is 5.56 Å². The van der Waals surface area contributed by atoms with Gasteiger partial charge >= 0.3 is 0 Å². The average molecular weight is 399 g/mol. The number of amidine groups is 1. The van der Waals surface area contributed by atoms with Crippen LogP contribution in [0.15, 0.2) is 92.1 Å². The second-order valence-corrected chi connectivity index (χ2v) is 7.81. The third kappa shape index (κ3) is 4.67. The van der Waals surface area contributed by atoms with Crippen molar-refractivity contribution in [3.05, 3.63) is 89.0 Å². The van der Waals surface area contributed by atoms with Crippen LogP contribution in [0.1, 0.15) is 11.1 Å². The predicted molar refractivity (Wildman–Crippen MR) is 107 cm³/mol. The highest BCUT2D eigenvalue weighted by Crippen LogP contribution is 2.17. The van der Waals surface area contributed by atoms with Gasteiger partial charge in [-0.2, -0.15) is 8.42 Å². The second kappa shape index (κ2) is 7.82. The maximum absolute atomic E-state index is 12.7. The van der Waals surface area contributed by atoms with E-state index in [2.05, 4.69) is 9.39 Å². The molecule has 0 saturated carbocycles. The van der Waals surface area contributed by atoms with Crippen LogP contribution < -0.4 is 0 Å². The van der Waals surface area contributed by atoms with E-state index in [1.54, 1.807) is 42.5 Å². The lowest BCUT2D eigenvalue weighted by Gasteiger charge is -2.06. The molecule has 0 saturated heterocycles. The molecule has 3 rings (SSSR count). The standard InChI is InChI=1S/C20H15ClN2O3S/c1-14-7-10-17(11-8-14)27(25,26)23-20(15-5-3-2-4-6-15)22-16-9-12-19(24)18(21)13-16/h2-13H,1H3/b22-16?,23-20-. The van der Waals surface area contributed by atoms with Gasteiger partial charge in [0.2, 0.25) is 0 Å². The Labute approximate surface area is 162 Å². The maximum atomic E-state index is 12.7. The van der Waals surface area contributed by atoms with Crippen molar-refractivity contribution in [3.63, 3.8) is 0 Å². The molecule has 1 aliphatic rings. The molecule has 0 N–H and O–H groups in total. The molecule has 27 heavy (non-hydrogen) atoms. The molecule has 0 aromatic heterocycles. The fraction of sp³-hybridized carbons (Fsp3) is 0.0500. The lowest BCUT2D eigenvalue weighted by molar-refractivity contribution is -0.110. The number of halogens is 1. The highest BCUT2D eigenvalue weighted by Gasteiger charge is 2.16. The van der Waals surface area contributed by atoms with Gasteiger partial charge in [0.05, 0.1) is 15.6 Å². The number of rotatable bonds is 3. The van der Waals surface area contributed by atoms with Crippen LogP contribution in [-0.2, 0) is 14.8 Å². The Morgan fingerprint density at radius 2 is 1.63 bits per heavy atom. The number of benzene rings is 2. The fourth-order valence-electron chi connectivity index (χ4n) is 2.28. The summed E-state index contributed by atoms with van der Waals surface area (Å²) in [5.41, 5.74) is 1.80. The molecule has 0 fully saturated rings. The van der Waals surface area contributed by atoms with Crippen molar-refractivity contribution in [3.8, 4) is 0 Å². The molecule has 2 aromatic rings. The van der Waals surface area contributed by atoms with Gasteiger partial charge in [-0.1, -0.05) is 59.6 Å². The molecule has 0 unspecified atom stereocenters. The molecule has 0 spiro atoms. The van der Waals surface area contributed by atoms with Gasteiger partial charge in [0.25, 0.3) is 10.0 Å². The van der Waals surface area contributed by atoms with E-state index in [4.69, 9.17) is 11.6 Å². The average Bonchev–Trinajstić information content (AvgIpc) is 2.65. The van der Waals surface area contributed by atoms with Crippen molar-refractivity contribution in [1.29, 1.82) is 0 Å². The molecular weight excluding hydrogens is 384 g/mol. The van der Waals surface area contributed by atoms with E-state index in [1.807, 2.05) is 6.92 Å². The van der Waals surface area contributed by atoms with Crippen LogP contribution >= 0.6 is 11.6 Å². The Morgan fingerprint density at radius 1 is 0.963 bits per heavy atom. The van der Waals surface area contributed by atoms with E-state index in [-0.39, 0.29) is 21.5 Å². The lowest BCUT2D eigenvalue weighted by Crippen LogP contribution is -2.09. The van der Waals surface area contributed by atoms with Crippen LogP contribution in [0.3, 0.4) is 0 Å². The molecule has 2 aromatic carbocycles. The van der Waals surface area contributed by atoms with Gasteiger partial charge in [0.15, 0.2) is 11.6 Å². The zero-order valence-electron chi connectivity index (χ0n) is 14.3. The van der Waals surface area contributed by atoms with Crippen molar-refractivity contribution in [2.75, 3.05) is 0 Å². The van der Waals surface area contributed by atoms with Gasteiger partial charge in [-0.05, 0) is 37.3 Å². The SMILES string of the molecule is Cc1ccc(S(=O)(=O)/N=C(\N=C2C=CC(=O)C(Cl)=C2)c2ccccc2)cc1. The zero-order chi connectivity index (χ0) is 19.4. The number of aryl methyl sites for hydroxylation is 1. The summed E-state index contributed by atoms with van der Waals surface area (Å²) in [5, 5.41) is 0.00468. The number of allylic oxidation sites excluding steroid dienone is 4. The Kier molecular flexibility index (Phi) is 5.48. The highest BCUT2D eigenvalue weighted by atomic mass is 35.5. The van der Waals surface area contributed by atoms with Crippen LogP contribution in [0.25, 0.3) is 0 Å². The number of aliphatic imine (C=N–C) groups is 1. The number of ketones is 1. The van der Waals surface area contributed by atoms with Crippen LogP contribution in [0.5, 0.6) is 0 Å². The number of hydrogen-bond acceptors (Lipinski definition) is 3. The van der Waals surface area contributed by atoms with E-state index >= 15 is 0 Å². The van der Waals surface area contributed by atoms with E-state index < -0.39 is 10.0 Å². The first kappa shape index (κ1) is 18.9. The summed E-state index contributed by atoms with van der Waals surface area (Å²) in [7, 11) is -3.96. The third-order valence-corrected chi connectivity index (χ3v) is 5.28. The van der Waals surface area contributed by atoms with Gasteiger partial charge in [-0.3, -0.25) is 4.79 Å². The van der Waals surface area contributed by atoms with Crippen molar-refractivity contribution in [1.82, 2.24) is 0 Å². The monoisotopic (exact) mass is 398 g/mol. The third-order valence-electron chi connectivity index (χ3n) is 3.71. The summed E-state index contributed by atoms with van der Waals surface area (Å²) in [4.78, 5) is 15.8. The van der Waals surface area contributed by atoms with Crippen molar-refractivity contribution in [2.24, 2.45) is 9.39 Å². The summed E-state index contributed by atoms with van der Waals surface area (Å²) in [6.45, 7) is 1.87. The largest absolute Gasteiger partial charge is 0.288 e. The molecule has 0 radical (unpaired) electrons. The van der Waals surface area contributed by atoms with Crippen LogP contribution in [0, 0.1) is 6.92 Å². The summed E-state index contributed by atoms with van der Waals surface area (Å²) < 4.78 is 29.4. The maximum Gasteiger partial charge on any atom is 0.284 e. The first-order valence-electron chi connectivity index (χ1n) is 8.00. The topological polar surface area (TPSA) is 75.9 Å². The molecular formula is C20H15ClN2O3S. The first-order valence-corrected chi connectivity index (χ1v) is 9.82. The second-order valence-electron chi connectivity index (χ2n) is 5.80. The molecule has 0 aliphatic heterocycles. The fourth-order valence-corrected chi connectivity index (χ4v) is 3.42. The number of hydrogen-bond donors (Lipinski definition) is 0. The molecule has 5 nitrogen and oxygen atoms in total. The zero-order valence-corrected chi connectivity index (χ0v) is 15.9. The molecule has 0 atom stereocenters. The van der Waals surface area contributed by atoms with Crippen LogP contribution in [0.2, 0.25) is 0 Å². The molecule has 7 heteroatoms. The predicted octanol–water partition coefficient (Wildman–Crippen LogP) is 3.83. The normalized spacial score (nSPS) is 16.5. The summed E-state index contributed by atoms with van der Waals surface area (Å²) in [6, 6.07) is 15.1. The minimum atomic E-state index is -3.96. The molecule has 0 heterocycles. The summed E-state index contributed by atoms with van der Waals surface area (Å²) in [5.74, 6) is -0.327. The van der Waals surface area contributed by atoms with E-state index in [9.17, 15) is 13.2 Å². The molecule has 1 aliphatic carbocycles. The quantitative estimate of drug-likeness (QED) is 0.448. The Morgan fingerprint density at radius 3 is 2.26 bits per heavy atom. The number of sulfonamides is 1. The lowest BCUT2D eigenvalue weighted by atomic mass is 10.1. The molecule has 0 bridgehead atoms. The van der Waals surface area contributed by atoms with E-state index in [0.29, 0.717) is 11.3 Å². The minimum absolute atomic E-state index is 0.00468. The summed E-state index contributed by atoms with van der Waals surface area (Å²) >= 11 is 5.86. The minimum Gasteiger partial charge on any atom is -0.288 e. The molecule has 136 valence electrons. The number of carbonyl (C=O) groups is 1. The smallest absolute Gasteiger partial charge is 0.284 e. The van der Waals surface area contributed by atoms with Gasteiger partial charge < -0.3 is 0 Å². The van der Waals surface area contributed by atoms with Crippen molar-refractivity contribution >= 4 is 39.0 Å². The van der Waals surface area contributed by atoms with Gasteiger partial charge in [0.1, 0.15) is 0 Å².